The van der Waals surface area contributed by atoms with E-state index in [0.717, 1.165) is 35.4 Å². The number of piperidine rings is 1. The molecular weight excluding hydrogens is 222 g/mol. The maximum atomic E-state index is 6.22. The van der Waals surface area contributed by atoms with Crippen molar-refractivity contribution in [1.29, 1.82) is 0 Å². The van der Waals surface area contributed by atoms with Crippen LogP contribution < -0.4 is 10.6 Å². The van der Waals surface area contributed by atoms with Gasteiger partial charge in [-0.25, -0.2) is 4.98 Å². The van der Waals surface area contributed by atoms with Gasteiger partial charge in [-0.15, -0.1) is 0 Å². The highest BCUT2D eigenvalue weighted by Gasteiger charge is 2.18. The lowest BCUT2D eigenvalue weighted by atomic mass is 9.99. The van der Waals surface area contributed by atoms with Crippen molar-refractivity contribution in [3.63, 3.8) is 0 Å². The predicted molar refractivity (Wildman–Crippen MR) is 67.7 cm³/mol. The first-order valence-corrected chi connectivity index (χ1v) is 6.18. The summed E-state index contributed by atoms with van der Waals surface area (Å²) in [5, 5.41) is 0.720. The molecule has 0 aliphatic carbocycles. The van der Waals surface area contributed by atoms with E-state index in [2.05, 4.69) is 16.8 Å². The van der Waals surface area contributed by atoms with Gasteiger partial charge < -0.3 is 10.6 Å². The van der Waals surface area contributed by atoms with Crippen molar-refractivity contribution in [2.45, 2.75) is 26.3 Å². The van der Waals surface area contributed by atoms with E-state index in [-0.39, 0.29) is 0 Å². The largest absolute Gasteiger partial charge is 0.355 e. The first-order valence-electron chi connectivity index (χ1n) is 5.80. The second-order valence-corrected chi connectivity index (χ2v) is 4.93. The third kappa shape index (κ3) is 2.47. The molecule has 0 amide bonds. The Morgan fingerprint density at radius 3 is 2.75 bits per heavy atom. The standard InChI is InChI=1S/C12H18ClN3/c1-9-2-4-16(5-3-9)12-11(13)6-10(7-14)8-15-12/h6,8-9H,2-5,7,14H2,1H3. The van der Waals surface area contributed by atoms with E-state index < -0.39 is 0 Å². The SMILES string of the molecule is CC1CCN(c2ncc(CN)cc2Cl)CC1. The summed E-state index contributed by atoms with van der Waals surface area (Å²) in [4.78, 5) is 6.68. The maximum Gasteiger partial charge on any atom is 0.147 e. The molecule has 3 nitrogen and oxygen atoms in total. The molecule has 2 heterocycles. The Kier molecular flexibility index (Phi) is 3.66. The first kappa shape index (κ1) is 11.7. The lowest BCUT2D eigenvalue weighted by Crippen LogP contribution is -2.33. The van der Waals surface area contributed by atoms with Gasteiger partial charge in [-0.1, -0.05) is 18.5 Å². The molecule has 88 valence electrons. The van der Waals surface area contributed by atoms with Gasteiger partial charge in [0.05, 0.1) is 5.02 Å². The third-order valence-electron chi connectivity index (χ3n) is 3.20. The van der Waals surface area contributed by atoms with Crippen LogP contribution in [0.5, 0.6) is 0 Å². The second-order valence-electron chi connectivity index (χ2n) is 4.52. The van der Waals surface area contributed by atoms with E-state index in [1.54, 1.807) is 0 Å². The summed E-state index contributed by atoms with van der Waals surface area (Å²) < 4.78 is 0. The van der Waals surface area contributed by atoms with Gasteiger partial charge >= 0.3 is 0 Å². The normalized spacial score (nSPS) is 17.8. The number of nitrogens with two attached hydrogens (primary N) is 1. The van der Waals surface area contributed by atoms with E-state index >= 15 is 0 Å². The molecule has 1 aliphatic rings. The molecule has 0 unspecified atom stereocenters. The molecule has 1 aromatic heterocycles. The quantitative estimate of drug-likeness (QED) is 0.862. The Labute approximate surface area is 102 Å². The smallest absolute Gasteiger partial charge is 0.147 e. The van der Waals surface area contributed by atoms with Gasteiger partial charge in [0.25, 0.3) is 0 Å². The van der Waals surface area contributed by atoms with Crippen molar-refractivity contribution >= 4 is 17.4 Å². The second kappa shape index (κ2) is 5.02. The number of anilines is 1. The van der Waals surface area contributed by atoms with E-state index in [9.17, 15) is 0 Å². The molecule has 0 saturated carbocycles. The molecule has 1 aliphatic heterocycles. The highest BCUT2D eigenvalue weighted by molar-refractivity contribution is 6.33. The number of nitrogens with zero attached hydrogens (tertiary/aromatic N) is 2. The Balaban J connectivity index is 2.14. The van der Waals surface area contributed by atoms with E-state index in [4.69, 9.17) is 17.3 Å². The average Bonchev–Trinajstić information content (AvgIpc) is 2.30. The lowest BCUT2D eigenvalue weighted by Gasteiger charge is -2.31. The van der Waals surface area contributed by atoms with Crippen molar-refractivity contribution < 1.29 is 0 Å². The van der Waals surface area contributed by atoms with Crippen molar-refractivity contribution in [3.05, 3.63) is 22.8 Å². The lowest BCUT2D eigenvalue weighted by molar-refractivity contribution is 0.436. The number of aromatic nitrogens is 1. The first-order chi connectivity index (χ1) is 7.70. The van der Waals surface area contributed by atoms with E-state index in [0.29, 0.717) is 6.54 Å². The van der Waals surface area contributed by atoms with Crippen LogP contribution in [0.3, 0.4) is 0 Å². The Morgan fingerprint density at radius 1 is 1.50 bits per heavy atom. The minimum absolute atomic E-state index is 0.490. The molecule has 0 spiro atoms. The van der Waals surface area contributed by atoms with Gasteiger partial charge in [-0.3, -0.25) is 0 Å². The zero-order valence-electron chi connectivity index (χ0n) is 9.62. The Morgan fingerprint density at radius 2 is 2.19 bits per heavy atom. The molecular formula is C12H18ClN3. The molecule has 0 aromatic carbocycles. The predicted octanol–water partition coefficient (Wildman–Crippen LogP) is 2.43. The van der Waals surface area contributed by atoms with Gasteiger partial charge in [-0.05, 0) is 30.4 Å². The fourth-order valence-electron chi connectivity index (χ4n) is 2.04. The van der Waals surface area contributed by atoms with Crippen LogP contribution in [0, 0.1) is 5.92 Å². The van der Waals surface area contributed by atoms with Crippen LogP contribution in [0.4, 0.5) is 5.82 Å². The number of hydrogen-bond donors (Lipinski definition) is 1. The fourth-order valence-corrected chi connectivity index (χ4v) is 2.34. The highest BCUT2D eigenvalue weighted by Crippen LogP contribution is 2.27. The van der Waals surface area contributed by atoms with Gasteiger partial charge in [0.1, 0.15) is 5.82 Å². The minimum Gasteiger partial charge on any atom is -0.355 e. The third-order valence-corrected chi connectivity index (χ3v) is 3.48. The van der Waals surface area contributed by atoms with Crippen molar-refractivity contribution in [1.82, 2.24) is 4.98 Å². The minimum atomic E-state index is 0.490. The summed E-state index contributed by atoms with van der Waals surface area (Å²) >= 11 is 6.22. The monoisotopic (exact) mass is 239 g/mol. The molecule has 16 heavy (non-hydrogen) atoms. The van der Waals surface area contributed by atoms with Crippen molar-refractivity contribution in [3.8, 4) is 0 Å². The number of rotatable bonds is 2. The summed E-state index contributed by atoms with van der Waals surface area (Å²) in [5.74, 6) is 1.73. The van der Waals surface area contributed by atoms with Crippen LogP contribution >= 0.6 is 11.6 Å². The Hall–Kier alpha value is -0.800. The molecule has 1 fully saturated rings. The molecule has 2 N–H and O–H groups in total. The van der Waals surface area contributed by atoms with Crippen LogP contribution in [0.1, 0.15) is 25.3 Å². The van der Waals surface area contributed by atoms with Crippen molar-refractivity contribution in [2.24, 2.45) is 11.7 Å². The van der Waals surface area contributed by atoms with Crippen LogP contribution in [0.2, 0.25) is 5.02 Å². The summed E-state index contributed by atoms with van der Waals surface area (Å²) in [7, 11) is 0. The fraction of sp³-hybridized carbons (Fsp3) is 0.583. The maximum absolute atomic E-state index is 6.22. The van der Waals surface area contributed by atoms with Gasteiger partial charge in [0, 0.05) is 25.8 Å². The summed E-state index contributed by atoms with van der Waals surface area (Å²) in [6.07, 6.45) is 4.26. The zero-order valence-corrected chi connectivity index (χ0v) is 10.4. The summed E-state index contributed by atoms with van der Waals surface area (Å²) in [6.45, 7) is 4.89. The molecule has 4 heteroatoms. The van der Waals surface area contributed by atoms with Gasteiger partial charge in [-0.2, -0.15) is 0 Å². The van der Waals surface area contributed by atoms with Crippen LogP contribution in [-0.4, -0.2) is 18.1 Å². The molecule has 0 atom stereocenters. The molecule has 0 bridgehead atoms. The molecule has 1 saturated heterocycles. The van der Waals surface area contributed by atoms with Crippen LogP contribution in [0.25, 0.3) is 0 Å². The van der Waals surface area contributed by atoms with Gasteiger partial charge in [0.2, 0.25) is 0 Å². The Bertz CT molecular complexity index is 359. The summed E-state index contributed by atoms with van der Waals surface area (Å²) in [5.41, 5.74) is 6.54. The number of hydrogen-bond acceptors (Lipinski definition) is 3. The number of pyridine rings is 1. The topological polar surface area (TPSA) is 42.2 Å². The highest BCUT2D eigenvalue weighted by atomic mass is 35.5. The van der Waals surface area contributed by atoms with Crippen molar-refractivity contribution in [2.75, 3.05) is 18.0 Å². The van der Waals surface area contributed by atoms with Gasteiger partial charge in [0.15, 0.2) is 0 Å². The molecule has 1 aromatic rings. The average molecular weight is 240 g/mol. The van der Waals surface area contributed by atoms with Crippen LogP contribution in [0.15, 0.2) is 12.3 Å². The molecule has 0 radical (unpaired) electrons. The number of halogens is 1. The molecule has 2 rings (SSSR count). The summed E-state index contributed by atoms with van der Waals surface area (Å²) in [6, 6.07) is 1.92. The zero-order chi connectivity index (χ0) is 11.5. The van der Waals surface area contributed by atoms with E-state index in [1.165, 1.54) is 12.8 Å². The van der Waals surface area contributed by atoms with Crippen LogP contribution in [-0.2, 0) is 6.54 Å². The van der Waals surface area contributed by atoms with E-state index in [1.807, 2.05) is 12.3 Å².